The first kappa shape index (κ1) is 25.7. The lowest BCUT2D eigenvalue weighted by atomic mass is 9.87. The molecule has 1 saturated carbocycles. The topological polar surface area (TPSA) is 75.1 Å². The molecule has 0 radical (unpaired) electrons. The van der Waals surface area contributed by atoms with Crippen LogP contribution in [0.3, 0.4) is 0 Å². The average molecular weight is 561 g/mol. The number of fused-ring (bicyclic) bond motifs is 3. The molecule has 4 heterocycles. The molecule has 2 fully saturated rings. The van der Waals surface area contributed by atoms with Crippen molar-refractivity contribution in [2.45, 2.75) is 50.0 Å². The minimum Gasteiger partial charge on any atom is -0.380 e. The number of thioether (sulfide) groups is 1. The summed E-state index contributed by atoms with van der Waals surface area (Å²) in [6.07, 6.45) is 5.00. The maximum Gasteiger partial charge on any atom is 0.266 e. The van der Waals surface area contributed by atoms with Crippen LogP contribution in [0.1, 0.15) is 33.1 Å². The second-order valence-electron chi connectivity index (χ2n) is 10.9. The van der Waals surface area contributed by atoms with Crippen molar-refractivity contribution in [3.05, 3.63) is 39.8 Å². The van der Waals surface area contributed by atoms with Gasteiger partial charge in [-0.15, -0.1) is 11.8 Å². The Labute approximate surface area is 229 Å². The second kappa shape index (κ2) is 9.55. The van der Waals surface area contributed by atoms with Gasteiger partial charge in [0.1, 0.15) is 5.02 Å². The minimum atomic E-state index is -2.72. The SMILES string of the molecule is C[C@@H]1CN(c2ncc(Cl)c(Nc3ccc4c(c3)c3c(c(=O)n4C)SCC[C@H](C4CC4)N3)n2)C[C@H](C)C1(F)F. The third-order valence-electron chi connectivity index (χ3n) is 8.13. The number of aryl methyl sites for hydroxylation is 1. The molecular formula is C27H31ClF2N6OS. The van der Waals surface area contributed by atoms with Gasteiger partial charge in [-0.05, 0) is 43.4 Å². The molecule has 0 spiro atoms. The largest absolute Gasteiger partial charge is 0.380 e. The quantitative estimate of drug-likeness (QED) is 0.397. The molecule has 2 aliphatic heterocycles. The van der Waals surface area contributed by atoms with Crippen molar-refractivity contribution < 1.29 is 8.78 Å². The highest BCUT2D eigenvalue weighted by atomic mass is 35.5. The first-order valence-corrected chi connectivity index (χ1v) is 14.5. The molecule has 1 aromatic carbocycles. The standard InChI is InChI=1S/C27H31ClF2N6OS/c1-14-12-36(13-15(2)27(14,29)30)26-31-11-19(28)24(34-26)32-17-6-7-21-18(10-17)22-23(25(37)35(21)3)38-9-8-20(33-22)16-4-5-16/h6-7,10-11,14-16,20,33H,4-5,8-9,12-13H2,1-3H3,(H,31,32,34)/t14-,15+,20-/m1/s1. The van der Waals surface area contributed by atoms with Crippen LogP contribution in [0.5, 0.6) is 0 Å². The van der Waals surface area contributed by atoms with Crippen molar-refractivity contribution in [3.8, 4) is 0 Å². The molecule has 202 valence electrons. The number of pyridine rings is 1. The number of hydrogen-bond donors (Lipinski definition) is 2. The summed E-state index contributed by atoms with van der Waals surface area (Å²) in [6.45, 7) is 3.45. The molecule has 2 aromatic heterocycles. The van der Waals surface area contributed by atoms with E-state index in [0.29, 0.717) is 28.7 Å². The van der Waals surface area contributed by atoms with Crippen LogP contribution in [-0.2, 0) is 7.05 Å². The summed E-state index contributed by atoms with van der Waals surface area (Å²) < 4.78 is 30.5. The van der Waals surface area contributed by atoms with Crippen LogP contribution in [0.25, 0.3) is 10.9 Å². The summed E-state index contributed by atoms with van der Waals surface area (Å²) in [5, 5.41) is 8.32. The molecule has 3 atom stereocenters. The Morgan fingerprint density at radius 2 is 1.92 bits per heavy atom. The molecule has 7 nitrogen and oxygen atoms in total. The van der Waals surface area contributed by atoms with Gasteiger partial charge in [-0.25, -0.2) is 13.8 Å². The van der Waals surface area contributed by atoms with Gasteiger partial charge in [0.2, 0.25) is 5.95 Å². The van der Waals surface area contributed by atoms with Crippen molar-refractivity contribution >= 4 is 57.4 Å². The Hall–Kier alpha value is -2.59. The number of alkyl halides is 2. The first-order chi connectivity index (χ1) is 18.1. The summed E-state index contributed by atoms with van der Waals surface area (Å²) in [5.41, 5.74) is 2.52. The van der Waals surface area contributed by atoms with Gasteiger partial charge in [0.05, 0.1) is 22.3 Å². The number of benzene rings is 1. The van der Waals surface area contributed by atoms with Gasteiger partial charge in [-0.3, -0.25) is 4.79 Å². The highest BCUT2D eigenvalue weighted by Gasteiger charge is 2.47. The molecule has 0 unspecified atom stereocenters. The third-order valence-corrected chi connectivity index (χ3v) is 9.51. The lowest BCUT2D eigenvalue weighted by Gasteiger charge is -2.41. The molecule has 1 saturated heterocycles. The fourth-order valence-electron chi connectivity index (χ4n) is 5.64. The van der Waals surface area contributed by atoms with Gasteiger partial charge in [0.15, 0.2) is 5.82 Å². The Bertz CT molecular complexity index is 1450. The Balaban J connectivity index is 1.34. The average Bonchev–Trinajstić information content (AvgIpc) is 3.74. The minimum absolute atomic E-state index is 0.0150. The molecule has 0 amide bonds. The van der Waals surface area contributed by atoms with Crippen molar-refractivity contribution in [1.82, 2.24) is 14.5 Å². The number of rotatable bonds is 4. The van der Waals surface area contributed by atoms with Gasteiger partial charge >= 0.3 is 0 Å². The van der Waals surface area contributed by atoms with Gasteiger partial charge in [0, 0.05) is 54.8 Å². The predicted molar refractivity (Wildman–Crippen MR) is 150 cm³/mol. The maximum absolute atomic E-state index is 14.4. The number of anilines is 4. The fourth-order valence-corrected chi connectivity index (χ4v) is 6.92. The third kappa shape index (κ3) is 4.49. The normalized spacial score (nSPS) is 25.0. The lowest BCUT2D eigenvalue weighted by molar-refractivity contribution is -0.105. The van der Waals surface area contributed by atoms with Gasteiger partial charge in [-0.2, -0.15) is 4.98 Å². The van der Waals surface area contributed by atoms with E-state index in [2.05, 4.69) is 20.6 Å². The van der Waals surface area contributed by atoms with Crippen LogP contribution in [0.4, 0.5) is 31.9 Å². The second-order valence-corrected chi connectivity index (χ2v) is 12.4. The van der Waals surface area contributed by atoms with E-state index in [9.17, 15) is 13.6 Å². The van der Waals surface area contributed by atoms with E-state index in [1.165, 1.54) is 19.0 Å². The van der Waals surface area contributed by atoms with Crippen molar-refractivity contribution in [3.63, 3.8) is 0 Å². The lowest BCUT2D eigenvalue weighted by Crippen LogP contribution is -2.52. The number of halogens is 3. The fraction of sp³-hybridized carbons (Fsp3) is 0.519. The Morgan fingerprint density at radius 1 is 1.18 bits per heavy atom. The smallest absolute Gasteiger partial charge is 0.266 e. The zero-order valence-electron chi connectivity index (χ0n) is 21.6. The van der Waals surface area contributed by atoms with Crippen LogP contribution in [0.2, 0.25) is 5.02 Å². The van der Waals surface area contributed by atoms with E-state index in [4.69, 9.17) is 11.6 Å². The van der Waals surface area contributed by atoms with Crippen LogP contribution >= 0.6 is 23.4 Å². The van der Waals surface area contributed by atoms with E-state index in [-0.39, 0.29) is 18.6 Å². The molecule has 11 heteroatoms. The van der Waals surface area contributed by atoms with E-state index in [1.807, 2.05) is 18.2 Å². The van der Waals surface area contributed by atoms with Gasteiger partial charge in [0.25, 0.3) is 11.5 Å². The summed E-state index contributed by atoms with van der Waals surface area (Å²) in [4.78, 5) is 24.7. The number of nitrogens with zero attached hydrogens (tertiary/aromatic N) is 4. The molecule has 6 rings (SSSR count). The van der Waals surface area contributed by atoms with Crippen molar-refractivity contribution in [2.24, 2.45) is 24.8 Å². The summed E-state index contributed by atoms with van der Waals surface area (Å²) >= 11 is 8.09. The van der Waals surface area contributed by atoms with Crippen LogP contribution in [0.15, 0.2) is 34.1 Å². The van der Waals surface area contributed by atoms with E-state index in [0.717, 1.165) is 39.3 Å². The highest BCUT2D eigenvalue weighted by molar-refractivity contribution is 7.99. The Morgan fingerprint density at radius 3 is 2.63 bits per heavy atom. The van der Waals surface area contributed by atoms with E-state index in [1.54, 1.807) is 42.1 Å². The van der Waals surface area contributed by atoms with Gasteiger partial charge < -0.3 is 20.1 Å². The van der Waals surface area contributed by atoms with E-state index < -0.39 is 17.8 Å². The molecule has 38 heavy (non-hydrogen) atoms. The zero-order valence-corrected chi connectivity index (χ0v) is 23.2. The predicted octanol–water partition coefficient (Wildman–Crippen LogP) is 6.14. The number of hydrogen-bond acceptors (Lipinski definition) is 7. The van der Waals surface area contributed by atoms with Crippen LogP contribution in [0, 0.1) is 17.8 Å². The van der Waals surface area contributed by atoms with Crippen molar-refractivity contribution in [1.29, 1.82) is 0 Å². The van der Waals surface area contributed by atoms with Gasteiger partial charge in [-0.1, -0.05) is 25.4 Å². The highest BCUT2D eigenvalue weighted by Crippen LogP contribution is 2.43. The molecular weight excluding hydrogens is 530 g/mol. The molecule has 1 aliphatic carbocycles. The number of nitrogens with one attached hydrogen (secondary N) is 2. The summed E-state index contributed by atoms with van der Waals surface area (Å²) in [6, 6.07) is 6.20. The summed E-state index contributed by atoms with van der Waals surface area (Å²) in [5.74, 6) is -1.99. The van der Waals surface area contributed by atoms with E-state index >= 15 is 0 Å². The van der Waals surface area contributed by atoms with Crippen LogP contribution in [-0.4, -0.2) is 45.3 Å². The number of aromatic nitrogens is 3. The molecule has 0 bridgehead atoms. The number of piperidine rings is 1. The molecule has 2 N–H and O–H groups in total. The Kier molecular flexibility index (Phi) is 6.45. The van der Waals surface area contributed by atoms with Crippen molar-refractivity contribution in [2.75, 3.05) is 34.4 Å². The molecule has 3 aromatic rings. The molecule has 3 aliphatic rings. The first-order valence-electron chi connectivity index (χ1n) is 13.1. The monoisotopic (exact) mass is 560 g/mol. The maximum atomic E-state index is 14.4. The summed E-state index contributed by atoms with van der Waals surface area (Å²) in [7, 11) is 1.81. The van der Waals surface area contributed by atoms with Crippen LogP contribution < -0.4 is 21.1 Å². The zero-order chi connectivity index (χ0) is 26.8.